The molecule has 2 fully saturated rings. The lowest BCUT2D eigenvalue weighted by Gasteiger charge is -2.37. The molecule has 0 aromatic rings. The zero-order valence-electron chi connectivity index (χ0n) is 15.6. The Kier molecular flexibility index (Phi) is 11.3. The van der Waals surface area contributed by atoms with Gasteiger partial charge in [0.05, 0.1) is 6.10 Å². The number of rotatable bonds is 6. The summed E-state index contributed by atoms with van der Waals surface area (Å²) >= 11 is 0. The minimum atomic E-state index is 0. The third-order valence-corrected chi connectivity index (χ3v) is 4.59. The molecule has 0 saturated carbocycles. The van der Waals surface area contributed by atoms with E-state index in [0.717, 1.165) is 83.1 Å². The van der Waals surface area contributed by atoms with E-state index in [2.05, 4.69) is 31.0 Å². The van der Waals surface area contributed by atoms with Gasteiger partial charge in [0.15, 0.2) is 5.96 Å². The van der Waals surface area contributed by atoms with Crippen LogP contribution in [0.2, 0.25) is 0 Å². The van der Waals surface area contributed by atoms with Gasteiger partial charge >= 0.3 is 0 Å². The van der Waals surface area contributed by atoms with Crippen molar-refractivity contribution in [2.75, 3.05) is 46.0 Å². The van der Waals surface area contributed by atoms with Crippen molar-refractivity contribution in [2.45, 2.75) is 52.6 Å². The minimum Gasteiger partial charge on any atom is -0.381 e. The van der Waals surface area contributed by atoms with Crippen LogP contribution < -0.4 is 5.32 Å². The van der Waals surface area contributed by atoms with Gasteiger partial charge in [0.25, 0.3) is 0 Å². The first-order valence-electron chi connectivity index (χ1n) is 9.41. The summed E-state index contributed by atoms with van der Waals surface area (Å²) in [6.07, 6.45) is 4.79. The van der Waals surface area contributed by atoms with Crippen molar-refractivity contribution in [3.63, 3.8) is 0 Å². The van der Waals surface area contributed by atoms with Crippen LogP contribution in [0.4, 0.5) is 0 Å². The van der Waals surface area contributed by atoms with Crippen LogP contribution in [-0.2, 0) is 9.47 Å². The first kappa shape index (κ1) is 22.0. The summed E-state index contributed by atoms with van der Waals surface area (Å²) in [5.41, 5.74) is 0. The summed E-state index contributed by atoms with van der Waals surface area (Å²) in [6, 6.07) is 0. The third kappa shape index (κ3) is 7.87. The maximum Gasteiger partial charge on any atom is 0.193 e. The van der Waals surface area contributed by atoms with Gasteiger partial charge in [0.2, 0.25) is 0 Å². The second kappa shape index (κ2) is 12.3. The van der Waals surface area contributed by atoms with Crippen molar-refractivity contribution < 1.29 is 9.47 Å². The van der Waals surface area contributed by atoms with Crippen LogP contribution in [0.3, 0.4) is 0 Å². The maximum atomic E-state index is 5.92. The first-order valence-corrected chi connectivity index (χ1v) is 9.41. The van der Waals surface area contributed by atoms with E-state index in [4.69, 9.17) is 14.5 Å². The molecule has 2 atom stereocenters. The summed E-state index contributed by atoms with van der Waals surface area (Å²) in [4.78, 5) is 7.25. The molecule has 2 aliphatic heterocycles. The largest absolute Gasteiger partial charge is 0.381 e. The van der Waals surface area contributed by atoms with E-state index in [9.17, 15) is 0 Å². The van der Waals surface area contributed by atoms with E-state index < -0.39 is 0 Å². The summed E-state index contributed by atoms with van der Waals surface area (Å²) in [7, 11) is 0. The average Bonchev–Trinajstić information content (AvgIpc) is 2.53. The normalized spacial score (nSPS) is 26.1. The zero-order valence-corrected chi connectivity index (χ0v) is 18.0. The lowest BCUT2D eigenvalue weighted by molar-refractivity contribution is -0.0318. The predicted octanol–water partition coefficient (Wildman–Crippen LogP) is 3.13. The number of ether oxygens (including phenoxy) is 2. The average molecular weight is 453 g/mol. The van der Waals surface area contributed by atoms with Gasteiger partial charge in [-0.25, -0.2) is 0 Å². The highest BCUT2D eigenvalue weighted by atomic mass is 127. The van der Waals surface area contributed by atoms with Crippen LogP contribution in [0.1, 0.15) is 46.5 Å². The third-order valence-electron chi connectivity index (χ3n) is 4.59. The monoisotopic (exact) mass is 453 g/mol. The second-order valence-electron chi connectivity index (χ2n) is 7.12. The Balaban J connectivity index is 0.00000288. The highest BCUT2D eigenvalue weighted by Gasteiger charge is 2.23. The Bertz CT molecular complexity index is 352. The Morgan fingerprint density at radius 2 is 1.88 bits per heavy atom. The molecule has 0 amide bonds. The Morgan fingerprint density at radius 1 is 1.21 bits per heavy atom. The summed E-state index contributed by atoms with van der Waals surface area (Å²) in [5, 5.41) is 3.45. The number of halogens is 1. The number of guanidine groups is 1. The fraction of sp³-hybridized carbons (Fsp3) is 0.944. The van der Waals surface area contributed by atoms with Crippen LogP contribution in [0.25, 0.3) is 0 Å². The Labute approximate surface area is 165 Å². The van der Waals surface area contributed by atoms with E-state index in [-0.39, 0.29) is 24.0 Å². The fourth-order valence-corrected chi connectivity index (χ4v) is 3.60. The summed E-state index contributed by atoms with van der Waals surface area (Å²) < 4.78 is 11.3. The molecule has 6 heteroatoms. The molecular formula is C18H36IN3O2. The molecule has 0 radical (unpaired) electrons. The van der Waals surface area contributed by atoms with Gasteiger partial charge in [-0.05, 0) is 44.4 Å². The highest BCUT2D eigenvalue weighted by molar-refractivity contribution is 14.0. The van der Waals surface area contributed by atoms with Gasteiger partial charge in [0, 0.05) is 46.0 Å². The molecule has 2 unspecified atom stereocenters. The van der Waals surface area contributed by atoms with Crippen molar-refractivity contribution in [1.29, 1.82) is 0 Å². The van der Waals surface area contributed by atoms with E-state index in [1.807, 2.05) is 0 Å². The molecule has 2 saturated heterocycles. The molecule has 0 spiro atoms. The molecule has 24 heavy (non-hydrogen) atoms. The van der Waals surface area contributed by atoms with Crippen molar-refractivity contribution in [2.24, 2.45) is 16.8 Å². The molecule has 1 N–H and O–H groups in total. The molecule has 0 aromatic heterocycles. The molecule has 2 heterocycles. The molecule has 2 aliphatic rings. The van der Waals surface area contributed by atoms with Crippen LogP contribution in [-0.4, -0.2) is 63.0 Å². The molecule has 0 bridgehead atoms. The lowest BCUT2D eigenvalue weighted by atomic mass is 9.92. The molecule has 0 aromatic carbocycles. The lowest BCUT2D eigenvalue weighted by Crippen LogP contribution is -2.48. The number of nitrogens with one attached hydrogen (secondary N) is 1. The number of likely N-dealkylation sites (tertiary alicyclic amines) is 1. The first-order chi connectivity index (χ1) is 11.2. The zero-order chi connectivity index (χ0) is 16.5. The summed E-state index contributed by atoms with van der Waals surface area (Å²) in [6.45, 7) is 13.3. The van der Waals surface area contributed by atoms with Crippen molar-refractivity contribution in [3.05, 3.63) is 0 Å². The van der Waals surface area contributed by atoms with Gasteiger partial charge in [-0.15, -0.1) is 24.0 Å². The topological polar surface area (TPSA) is 46.1 Å². The van der Waals surface area contributed by atoms with E-state index >= 15 is 0 Å². The molecule has 142 valence electrons. The number of piperidine rings is 1. The number of hydrogen-bond acceptors (Lipinski definition) is 3. The number of hydrogen-bond donors (Lipinski definition) is 1. The Morgan fingerprint density at radius 3 is 2.50 bits per heavy atom. The molecule has 0 aliphatic carbocycles. The van der Waals surface area contributed by atoms with Crippen molar-refractivity contribution in [3.8, 4) is 0 Å². The predicted molar refractivity (Wildman–Crippen MR) is 110 cm³/mol. The summed E-state index contributed by atoms with van der Waals surface area (Å²) in [5.74, 6) is 2.58. The smallest absolute Gasteiger partial charge is 0.193 e. The van der Waals surface area contributed by atoms with Gasteiger partial charge in [-0.2, -0.15) is 0 Å². The quantitative estimate of drug-likeness (QED) is 0.291. The Hall–Kier alpha value is -0.0800. The maximum absolute atomic E-state index is 5.92. The van der Waals surface area contributed by atoms with Gasteiger partial charge in [-0.1, -0.05) is 13.8 Å². The van der Waals surface area contributed by atoms with Gasteiger partial charge in [0.1, 0.15) is 0 Å². The minimum absolute atomic E-state index is 0. The van der Waals surface area contributed by atoms with E-state index in [1.165, 1.54) is 6.42 Å². The van der Waals surface area contributed by atoms with Gasteiger partial charge < -0.3 is 19.7 Å². The van der Waals surface area contributed by atoms with Crippen LogP contribution >= 0.6 is 24.0 Å². The molecule has 5 nitrogen and oxygen atoms in total. The van der Waals surface area contributed by atoms with Crippen LogP contribution in [0.5, 0.6) is 0 Å². The van der Waals surface area contributed by atoms with Gasteiger partial charge in [-0.3, -0.25) is 4.99 Å². The molecular weight excluding hydrogens is 417 g/mol. The standard InChI is InChI=1S/C18H35N3O2.HI/c1-4-19-18(21-13-15(2)12-16(3)14-21)20-8-5-9-23-17-6-10-22-11-7-17;/h15-17H,4-14H2,1-3H3,(H,19,20);1H. The number of aliphatic imine (C=N–C) groups is 1. The highest BCUT2D eigenvalue weighted by Crippen LogP contribution is 2.20. The fourth-order valence-electron chi connectivity index (χ4n) is 3.60. The SMILES string of the molecule is CCNC(=NCCCOC1CCOCC1)N1CC(C)CC(C)C1.I. The van der Waals surface area contributed by atoms with Crippen molar-refractivity contribution in [1.82, 2.24) is 10.2 Å². The van der Waals surface area contributed by atoms with E-state index in [0.29, 0.717) is 6.10 Å². The second-order valence-corrected chi connectivity index (χ2v) is 7.12. The van der Waals surface area contributed by atoms with Crippen molar-refractivity contribution >= 4 is 29.9 Å². The van der Waals surface area contributed by atoms with Crippen LogP contribution in [0.15, 0.2) is 4.99 Å². The number of nitrogens with zero attached hydrogens (tertiary/aromatic N) is 2. The molecule has 2 rings (SSSR count). The van der Waals surface area contributed by atoms with Crippen LogP contribution in [0, 0.1) is 11.8 Å². The van der Waals surface area contributed by atoms with E-state index in [1.54, 1.807) is 0 Å².